The van der Waals surface area contributed by atoms with Crippen LogP contribution in [0.15, 0.2) is 48.5 Å². The Morgan fingerprint density at radius 3 is 2.35 bits per heavy atom. The Balaban J connectivity index is 1.85. The Labute approximate surface area is 153 Å². The first-order valence-electron chi connectivity index (χ1n) is 7.96. The van der Waals surface area contributed by atoms with Crippen LogP contribution in [0.5, 0.6) is 11.5 Å². The lowest BCUT2D eigenvalue weighted by molar-refractivity contribution is 0.0955. The largest absolute Gasteiger partial charge is 0.493 e. The van der Waals surface area contributed by atoms with Crippen LogP contribution in [-0.2, 0) is 16.6 Å². The molecule has 2 aromatic rings. The molecule has 0 unspecified atom stereocenters. The summed E-state index contributed by atoms with van der Waals surface area (Å²) in [5.41, 5.74) is 1.22. The number of methoxy groups -OCH3 is 2. The second-order valence-corrected chi connectivity index (χ2v) is 7.38. The summed E-state index contributed by atoms with van der Waals surface area (Å²) in [5.74, 6) is 0.344. The van der Waals surface area contributed by atoms with E-state index in [1.54, 1.807) is 12.1 Å². The quantitative estimate of drug-likeness (QED) is 0.691. The summed E-state index contributed by atoms with van der Waals surface area (Å²) >= 11 is 0. The number of ether oxygens (including phenoxy) is 2. The molecular weight excluding hydrogens is 356 g/mol. The number of sulfonamides is 1. The number of hydrogen-bond donors (Lipinski definition) is 2. The van der Waals surface area contributed by atoms with E-state index >= 15 is 0 Å². The molecule has 0 fully saturated rings. The van der Waals surface area contributed by atoms with Crippen LogP contribution in [0.25, 0.3) is 0 Å². The summed E-state index contributed by atoms with van der Waals surface area (Å²) < 4.78 is 36.8. The van der Waals surface area contributed by atoms with E-state index in [1.165, 1.54) is 20.3 Å². The summed E-state index contributed by atoms with van der Waals surface area (Å²) in [5, 5.41) is 2.59. The van der Waals surface area contributed by atoms with Gasteiger partial charge in [0.15, 0.2) is 11.5 Å². The second-order valence-electron chi connectivity index (χ2n) is 5.45. The van der Waals surface area contributed by atoms with Crippen LogP contribution in [0, 0.1) is 0 Å². The highest BCUT2D eigenvalue weighted by Gasteiger charge is 2.13. The van der Waals surface area contributed by atoms with Crippen LogP contribution < -0.4 is 19.5 Å². The van der Waals surface area contributed by atoms with Gasteiger partial charge in [0, 0.05) is 18.7 Å². The van der Waals surface area contributed by atoms with E-state index < -0.39 is 10.0 Å². The lowest BCUT2D eigenvalue weighted by Crippen LogP contribution is -2.34. The molecule has 8 heteroatoms. The standard InChI is InChI=1S/C18H22N2O5S/c1-24-16-9-8-15(12-17(16)25-2)18(21)19-10-11-26(22,23)20-13-14-6-4-3-5-7-14/h3-9,12,20H,10-11,13H2,1-2H3,(H,19,21). The van der Waals surface area contributed by atoms with E-state index in [2.05, 4.69) is 10.0 Å². The SMILES string of the molecule is COc1ccc(C(=O)NCCS(=O)(=O)NCc2ccccc2)cc1OC. The lowest BCUT2D eigenvalue weighted by atomic mass is 10.2. The van der Waals surface area contributed by atoms with E-state index in [4.69, 9.17) is 9.47 Å². The Morgan fingerprint density at radius 1 is 1.00 bits per heavy atom. The fraction of sp³-hybridized carbons (Fsp3) is 0.278. The minimum Gasteiger partial charge on any atom is -0.493 e. The Hall–Kier alpha value is -2.58. The highest BCUT2D eigenvalue weighted by atomic mass is 32.2. The molecule has 7 nitrogen and oxygen atoms in total. The monoisotopic (exact) mass is 378 g/mol. The van der Waals surface area contributed by atoms with Crippen molar-refractivity contribution in [2.75, 3.05) is 26.5 Å². The van der Waals surface area contributed by atoms with Gasteiger partial charge in [0.05, 0.1) is 20.0 Å². The van der Waals surface area contributed by atoms with Crippen molar-refractivity contribution in [3.8, 4) is 11.5 Å². The van der Waals surface area contributed by atoms with Crippen molar-refractivity contribution in [2.45, 2.75) is 6.54 Å². The molecular formula is C18H22N2O5S. The van der Waals surface area contributed by atoms with E-state index in [-0.39, 0.29) is 24.7 Å². The van der Waals surface area contributed by atoms with Gasteiger partial charge in [0.1, 0.15) is 0 Å². The molecule has 0 radical (unpaired) electrons. The van der Waals surface area contributed by atoms with Gasteiger partial charge in [-0.05, 0) is 23.8 Å². The maximum atomic E-state index is 12.2. The third-order valence-electron chi connectivity index (χ3n) is 3.64. The van der Waals surface area contributed by atoms with Crippen LogP contribution in [0.3, 0.4) is 0 Å². The van der Waals surface area contributed by atoms with Crippen LogP contribution in [0.4, 0.5) is 0 Å². The number of amides is 1. The summed E-state index contributed by atoms with van der Waals surface area (Å²) in [6.07, 6.45) is 0. The summed E-state index contributed by atoms with van der Waals surface area (Å²) in [6.45, 7) is 0.212. The Kier molecular flexibility index (Phi) is 6.99. The predicted octanol–water partition coefficient (Wildman–Crippen LogP) is 1.55. The van der Waals surface area contributed by atoms with Crippen molar-refractivity contribution < 1.29 is 22.7 Å². The van der Waals surface area contributed by atoms with Crippen molar-refractivity contribution in [2.24, 2.45) is 0 Å². The molecule has 0 saturated carbocycles. The Morgan fingerprint density at radius 2 is 1.69 bits per heavy atom. The number of rotatable bonds is 9. The van der Waals surface area contributed by atoms with Gasteiger partial charge in [0.2, 0.25) is 10.0 Å². The average Bonchev–Trinajstić information content (AvgIpc) is 2.66. The molecule has 0 saturated heterocycles. The number of benzene rings is 2. The predicted molar refractivity (Wildman–Crippen MR) is 98.9 cm³/mol. The minimum absolute atomic E-state index is 0.00268. The molecule has 0 aromatic heterocycles. The number of hydrogen-bond acceptors (Lipinski definition) is 5. The molecule has 0 bridgehead atoms. The molecule has 140 valence electrons. The van der Waals surface area contributed by atoms with Gasteiger partial charge >= 0.3 is 0 Å². The molecule has 0 aliphatic carbocycles. The highest BCUT2D eigenvalue weighted by Crippen LogP contribution is 2.27. The first-order valence-corrected chi connectivity index (χ1v) is 9.62. The molecule has 26 heavy (non-hydrogen) atoms. The zero-order valence-electron chi connectivity index (χ0n) is 14.7. The first-order chi connectivity index (χ1) is 12.4. The van der Waals surface area contributed by atoms with Gasteiger partial charge in [-0.15, -0.1) is 0 Å². The van der Waals surface area contributed by atoms with Crippen LogP contribution in [0.2, 0.25) is 0 Å². The Bertz CT molecular complexity index is 838. The molecule has 1 amide bonds. The zero-order chi connectivity index (χ0) is 19.0. The highest BCUT2D eigenvalue weighted by molar-refractivity contribution is 7.89. The number of nitrogens with one attached hydrogen (secondary N) is 2. The second kappa shape index (κ2) is 9.21. The lowest BCUT2D eigenvalue weighted by Gasteiger charge is -2.10. The maximum absolute atomic E-state index is 12.2. The smallest absolute Gasteiger partial charge is 0.251 e. The van der Waals surface area contributed by atoms with Crippen molar-refractivity contribution in [3.05, 3.63) is 59.7 Å². The van der Waals surface area contributed by atoms with Crippen LogP contribution in [-0.4, -0.2) is 40.8 Å². The van der Waals surface area contributed by atoms with E-state index in [0.717, 1.165) is 5.56 Å². The van der Waals surface area contributed by atoms with E-state index in [1.807, 2.05) is 30.3 Å². The average molecular weight is 378 g/mol. The van der Waals surface area contributed by atoms with Crippen LogP contribution in [0.1, 0.15) is 15.9 Å². The molecule has 2 aromatic carbocycles. The van der Waals surface area contributed by atoms with E-state index in [0.29, 0.717) is 17.1 Å². The van der Waals surface area contributed by atoms with Gasteiger partial charge in [-0.3, -0.25) is 4.79 Å². The fourth-order valence-electron chi connectivity index (χ4n) is 2.24. The summed E-state index contributed by atoms with van der Waals surface area (Å²) in [4.78, 5) is 12.2. The normalized spacial score (nSPS) is 11.0. The number of carbonyl (C=O) groups is 1. The van der Waals surface area contributed by atoms with Crippen molar-refractivity contribution >= 4 is 15.9 Å². The topological polar surface area (TPSA) is 93.7 Å². The van der Waals surface area contributed by atoms with Gasteiger partial charge in [-0.1, -0.05) is 30.3 Å². The van der Waals surface area contributed by atoms with Gasteiger partial charge in [-0.25, -0.2) is 13.1 Å². The maximum Gasteiger partial charge on any atom is 0.251 e. The summed E-state index contributed by atoms with van der Waals surface area (Å²) in [6, 6.07) is 13.9. The van der Waals surface area contributed by atoms with Gasteiger partial charge in [0.25, 0.3) is 5.91 Å². The van der Waals surface area contributed by atoms with E-state index in [9.17, 15) is 13.2 Å². The molecule has 0 aliphatic rings. The number of carbonyl (C=O) groups excluding carboxylic acids is 1. The fourth-order valence-corrected chi connectivity index (χ4v) is 3.14. The van der Waals surface area contributed by atoms with Gasteiger partial charge < -0.3 is 14.8 Å². The van der Waals surface area contributed by atoms with Crippen molar-refractivity contribution in [3.63, 3.8) is 0 Å². The third-order valence-corrected chi connectivity index (χ3v) is 4.97. The minimum atomic E-state index is -3.49. The third kappa shape index (κ3) is 5.75. The molecule has 2 rings (SSSR count). The molecule has 2 N–H and O–H groups in total. The molecule has 0 atom stereocenters. The van der Waals surface area contributed by atoms with Gasteiger partial charge in [-0.2, -0.15) is 0 Å². The molecule has 0 spiro atoms. The summed E-state index contributed by atoms with van der Waals surface area (Å²) in [7, 11) is -0.509. The molecule has 0 heterocycles. The van der Waals surface area contributed by atoms with Crippen LogP contribution >= 0.6 is 0 Å². The van der Waals surface area contributed by atoms with Crippen molar-refractivity contribution in [1.82, 2.24) is 10.0 Å². The zero-order valence-corrected chi connectivity index (χ0v) is 15.5. The first kappa shape index (κ1) is 19.7. The van der Waals surface area contributed by atoms with Crippen molar-refractivity contribution in [1.29, 1.82) is 0 Å². The molecule has 0 aliphatic heterocycles.